The van der Waals surface area contributed by atoms with Crippen molar-refractivity contribution >= 4 is 29.8 Å². The summed E-state index contributed by atoms with van der Waals surface area (Å²) < 4.78 is 0. The van der Waals surface area contributed by atoms with Crippen LogP contribution >= 0.6 is 0 Å². The second-order valence-corrected chi connectivity index (χ2v) is 9.57. The van der Waals surface area contributed by atoms with E-state index in [0.717, 1.165) is 42.4 Å². The van der Waals surface area contributed by atoms with E-state index in [0.29, 0.717) is 0 Å². The lowest BCUT2D eigenvalue weighted by atomic mass is 9.83. The van der Waals surface area contributed by atoms with E-state index in [4.69, 9.17) is 16.2 Å². The summed E-state index contributed by atoms with van der Waals surface area (Å²) in [5.41, 5.74) is 14.9. The van der Waals surface area contributed by atoms with Gasteiger partial charge in [-0.3, -0.25) is 4.79 Å². The van der Waals surface area contributed by atoms with Crippen LogP contribution in [-0.4, -0.2) is 30.8 Å². The van der Waals surface area contributed by atoms with Crippen LogP contribution in [0.4, 0.5) is 5.69 Å². The standard InChI is InChI=1S/C31H31N3O.CH4O/c1-21-17-27-18-26(28(19-32)20-33)12-15-30(27)31(25-6-4-22(5-7-25)3-2-16-35)34(21)29-13-10-24(11-14-29)23-8-9-23;1-2/h2-7,10-16,18-21,23,31-32H,8-9,17,33H2,1H3;2H,1H3/b3-2+,28-20+,32-19?;. The number of nitrogens with one attached hydrogen (secondary N) is 1. The average Bonchev–Trinajstić information content (AvgIpc) is 3.79. The van der Waals surface area contributed by atoms with E-state index < -0.39 is 0 Å². The Balaban J connectivity index is 0.00000156. The van der Waals surface area contributed by atoms with Crippen molar-refractivity contribution in [3.05, 3.63) is 112 Å². The summed E-state index contributed by atoms with van der Waals surface area (Å²) in [7, 11) is 1.00. The molecular weight excluding hydrogens is 458 g/mol. The largest absolute Gasteiger partial charge is 0.404 e. The monoisotopic (exact) mass is 493 g/mol. The number of allylic oxidation sites excluding steroid dienone is 2. The van der Waals surface area contributed by atoms with E-state index >= 15 is 0 Å². The third-order valence-corrected chi connectivity index (χ3v) is 7.23. The molecular formula is C32H35N3O2. The molecule has 1 heterocycles. The molecule has 1 fully saturated rings. The second-order valence-electron chi connectivity index (χ2n) is 9.57. The highest BCUT2D eigenvalue weighted by Crippen LogP contribution is 2.44. The summed E-state index contributed by atoms with van der Waals surface area (Å²) in [4.78, 5) is 13.3. The number of hydrogen-bond acceptors (Lipinski definition) is 5. The van der Waals surface area contributed by atoms with Crippen molar-refractivity contribution in [2.24, 2.45) is 5.73 Å². The molecule has 3 aromatic rings. The average molecular weight is 494 g/mol. The van der Waals surface area contributed by atoms with Crippen molar-refractivity contribution in [2.45, 2.75) is 44.2 Å². The number of aldehydes is 1. The molecule has 0 aromatic heterocycles. The maximum absolute atomic E-state index is 10.7. The van der Waals surface area contributed by atoms with Crippen LogP contribution in [-0.2, 0) is 11.2 Å². The van der Waals surface area contributed by atoms with Gasteiger partial charge in [-0.05, 0) is 83.7 Å². The topological polar surface area (TPSA) is 90.4 Å². The molecule has 1 aliphatic carbocycles. The highest BCUT2D eigenvalue weighted by Gasteiger charge is 2.34. The molecule has 2 aliphatic rings. The van der Waals surface area contributed by atoms with Crippen LogP contribution < -0.4 is 10.6 Å². The molecule has 1 saturated carbocycles. The minimum atomic E-state index is 0.0592. The first-order valence-electron chi connectivity index (χ1n) is 12.7. The number of aliphatic hydroxyl groups excluding tert-OH is 1. The minimum absolute atomic E-state index is 0.0592. The van der Waals surface area contributed by atoms with E-state index in [1.165, 1.54) is 59.3 Å². The first-order chi connectivity index (χ1) is 18.1. The number of carbonyl (C=O) groups is 1. The van der Waals surface area contributed by atoms with Gasteiger partial charge in [0.2, 0.25) is 0 Å². The maximum Gasteiger partial charge on any atom is 0.142 e. The Bertz CT molecular complexity index is 1290. The zero-order valence-electron chi connectivity index (χ0n) is 21.5. The molecule has 5 nitrogen and oxygen atoms in total. The lowest BCUT2D eigenvalue weighted by Crippen LogP contribution is -2.43. The molecule has 2 atom stereocenters. The van der Waals surface area contributed by atoms with Crippen molar-refractivity contribution in [3.8, 4) is 0 Å². The van der Waals surface area contributed by atoms with Crippen molar-refractivity contribution in [1.29, 1.82) is 5.41 Å². The molecule has 0 amide bonds. The van der Waals surface area contributed by atoms with E-state index in [2.05, 4.69) is 78.6 Å². The highest BCUT2D eigenvalue weighted by molar-refractivity contribution is 6.08. The maximum atomic E-state index is 10.7. The van der Waals surface area contributed by atoms with Gasteiger partial charge in [0.1, 0.15) is 6.29 Å². The van der Waals surface area contributed by atoms with Gasteiger partial charge in [-0.1, -0.05) is 60.7 Å². The van der Waals surface area contributed by atoms with Crippen molar-refractivity contribution in [2.75, 3.05) is 12.0 Å². The van der Waals surface area contributed by atoms with Gasteiger partial charge in [0.05, 0.1) is 6.04 Å². The van der Waals surface area contributed by atoms with Gasteiger partial charge in [0.15, 0.2) is 0 Å². The Kier molecular flexibility index (Phi) is 8.36. The molecule has 0 radical (unpaired) electrons. The molecule has 1 aliphatic heterocycles. The lowest BCUT2D eigenvalue weighted by Gasteiger charge is -2.44. The molecule has 2 unspecified atom stereocenters. The smallest absolute Gasteiger partial charge is 0.142 e. The van der Waals surface area contributed by atoms with E-state index in [1.807, 2.05) is 6.08 Å². The summed E-state index contributed by atoms with van der Waals surface area (Å²) >= 11 is 0. The van der Waals surface area contributed by atoms with Crippen LogP contribution in [0.3, 0.4) is 0 Å². The van der Waals surface area contributed by atoms with Gasteiger partial charge < -0.3 is 21.1 Å². The molecule has 0 bridgehead atoms. The molecule has 37 heavy (non-hydrogen) atoms. The Labute approximate surface area is 219 Å². The van der Waals surface area contributed by atoms with Crippen LogP contribution in [0, 0.1) is 5.41 Å². The fourth-order valence-electron chi connectivity index (χ4n) is 5.30. The number of carbonyl (C=O) groups excluding carboxylic acids is 1. The Morgan fingerprint density at radius 3 is 2.27 bits per heavy atom. The predicted octanol–water partition coefficient (Wildman–Crippen LogP) is 5.87. The number of nitrogens with two attached hydrogens (primary N) is 1. The Morgan fingerprint density at radius 1 is 1.00 bits per heavy atom. The van der Waals surface area contributed by atoms with Crippen molar-refractivity contribution in [1.82, 2.24) is 0 Å². The number of hydrogen-bond donors (Lipinski definition) is 3. The third-order valence-electron chi connectivity index (χ3n) is 7.23. The fraction of sp³-hybridized carbons (Fsp3) is 0.250. The highest BCUT2D eigenvalue weighted by atomic mass is 16.2. The van der Waals surface area contributed by atoms with Crippen LogP contribution in [0.25, 0.3) is 11.6 Å². The first kappa shape index (κ1) is 26.1. The predicted molar refractivity (Wildman–Crippen MR) is 153 cm³/mol. The molecule has 190 valence electrons. The molecule has 3 aromatic carbocycles. The summed E-state index contributed by atoms with van der Waals surface area (Å²) in [6.07, 6.45) is 10.5. The number of nitrogens with zero attached hydrogens (tertiary/aromatic N) is 1. The number of anilines is 1. The van der Waals surface area contributed by atoms with Crippen LogP contribution in [0.5, 0.6) is 0 Å². The van der Waals surface area contributed by atoms with Gasteiger partial charge >= 0.3 is 0 Å². The van der Waals surface area contributed by atoms with Gasteiger partial charge in [0.25, 0.3) is 0 Å². The third kappa shape index (κ3) is 5.57. The molecule has 5 heteroatoms. The molecule has 0 spiro atoms. The van der Waals surface area contributed by atoms with Gasteiger partial charge in [-0.25, -0.2) is 0 Å². The number of rotatable bonds is 7. The zero-order chi connectivity index (χ0) is 26.4. The van der Waals surface area contributed by atoms with Crippen LogP contribution in [0.2, 0.25) is 0 Å². The van der Waals surface area contributed by atoms with Gasteiger partial charge in [-0.2, -0.15) is 0 Å². The quantitative estimate of drug-likeness (QED) is 0.218. The van der Waals surface area contributed by atoms with E-state index in [1.54, 1.807) is 0 Å². The fourth-order valence-corrected chi connectivity index (χ4v) is 5.30. The number of aliphatic hydroxyl groups is 1. The van der Waals surface area contributed by atoms with Gasteiger partial charge in [0, 0.05) is 36.8 Å². The SMILES string of the molecule is CC1Cc2cc(/C(C=N)=C/N)ccc2C(c2ccc(/C=C/C=O)cc2)N1c1ccc(C2CC2)cc1.CO. The molecule has 5 rings (SSSR count). The van der Waals surface area contributed by atoms with Crippen LogP contribution in [0.1, 0.15) is 65.1 Å². The normalized spacial score (nSPS) is 19.1. The summed E-state index contributed by atoms with van der Waals surface area (Å²) in [5, 5.41) is 14.7. The van der Waals surface area contributed by atoms with Crippen molar-refractivity contribution in [3.63, 3.8) is 0 Å². The van der Waals surface area contributed by atoms with Crippen molar-refractivity contribution < 1.29 is 9.90 Å². The first-order valence-corrected chi connectivity index (χ1v) is 12.7. The number of benzene rings is 3. The van der Waals surface area contributed by atoms with Gasteiger partial charge in [-0.15, -0.1) is 0 Å². The molecule has 0 saturated heterocycles. The summed E-state index contributed by atoms with van der Waals surface area (Å²) in [6.45, 7) is 2.29. The zero-order valence-corrected chi connectivity index (χ0v) is 21.5. The Hall–Kier alpha value is -3.96. The Morgan fingerprint density at radius 2 is 1.68 bits per heavy atom. The van der Waals surface area contributed by atoms with E-state index in [9.17, 15) is 4.79 Å². The second kappa shape index (κ2) is 11.8. The van der Waals surface area contributed by atoms with E-state index in [-0.39, 0.29) is 12.1 Å². The lowest BCUT2D eigenvalue weighted by molar-refractivity contribution is -0.104. The van der Waals surface area contributed by atoms with Crippen LogP contribution in [0.15, 0.2) is 79.0 Å². The summed E-state index contributed by atoms with van der Waals surface area (Å²) in [5.74, 6) is 0.739. The molecule has 4 N–H and O–H groups in total. The minimum Gasteiger partial charge on any atom is -0.404 e. The number of fused-ring (bicyclic) bond motifs is 1. The summed E-state index contributed by atoms with van der Waals surface area (Å²) in [6, 6.07) is 24.4.